The predicted octanol–water partition coefficient (Wildman–Crippen LogP) is 2.01. The molecule has 19 heavy (non-hydrogen) atoms. The highest BCUT2D eigenvalue weighted by Gasteiger charge is 2.33. The molecule has 1 aliphatic rings. The number of aromatic nitrogens is 2. The van der Waals surface area contributed by atoms with Crippen molar-refractivity contribution in [1.29, 1.82) is 0 Å². The molecule has 7 nitrogen and oxygen atoms in total. The lowest BCUT2D eigenvalue weighted by atomic mass is 10.0. The largest absolute Gasteiger partial charge is 0.390 e. The van der Waals surface area contributed by atoms with Crippen LogP contribution in [-0.4, -0.2) is 33.1 Å². The molecule has 0 spiro atoms. The van der Waals surface area contributed by atoms with Crippen LogP contribution in [0.25, 0.3) is 10.4 Å². The van der Waals surface area contributed by atoms with Crippen LogP contribution in [0.5, 0.6) is 0 Å². The maximum atomic E-state index is 10.1. The fourth-order valence-electron chi connectivity index (χ4n) is 2.63. The highest BCUT2D eigenvalue weighted by atomic mass is 16.5. The summed E-state index contributed by atoms with van der Waals surface area (Å²) in [5.74, 6) is 0. The summed E-state index contributed by atoms with van der Waals surface area (Å²) in [6.07, 6.45) is 1.83. The predicted molar refractivity (Wildman–Crippen MR) is 69.4 cm³/mol. The minimum absolute atomic E-state index is 0.129. The van der Waals surface area contributed by atoms with Crippen molar-refractivity contribution in [1.82, 2.24) is 9.78 Å². The van der Waals surface area contributed by atoms with Gasteiger partial charge in [0, 0.05) is 12.0 Å². The van der Waals surface area contributed by atoms with E-state index in [2.05, 4.69) is 15.1 Å². The smallest absolute Gasteiger partial charge is 0.0999 e. The van der Waals surface area contributed by atoms with Crippen LogP contribution >= 0.6 is 0 Å². The summed E-state index contributed by atoms with van der Waals surface area (Å²) in [6.45, 7) is 3.79. The Balaban J connectivity index is 2.24. The van der Waals surface area contributed by atoms with E-state index >= 15 is 0 Å². The van der Waals surface area contributed by atoms with Crippen LogP contribution in [0.15, 0.2) is 11.3 Å². The van der Waals surface area contributed by atoms with Gasteiger partial charge in [-0.05, 0) is 37.8 Å². The van der Waals surface area contributed by atoms with Gasteiger partial charge in [0.25, 0.3) is 0 Å². The third-order valence-electron chi connectivity index (χ3n) is 3.66. The molecule has 0 aromatic carbocycles. The molecule has 1 N–H and O–H groups in total. The number of aryl methyl sites for hydroxylation is 2. The molecule has 0 bridgehead atoms. The first-order valence-electron chi connectivity index (χ1n) is 6.40. The highest BCUT2D eigenvalue weighted by molar-refractivity contribution is 5.18. The molecule has 2 heterocycles. The quantitative estimate of drug-likeness (QED) is 0.503. The van der Waals surface area contributed by atoms with Gasteiger partial charge in [0.1, 0.15) is 0 Å². The van der Waals surface area contributed by atoms with E-state index in [-0.39, 0.29) is 12.2 Å². The lowest BCUT2D eigenvalue weighted by Crippen LogP contribution is -2.34. The van der Waals surface area contributed by atoms with Gasteiger partial charge in [0.15, 0.2) is 0 Å². The third kappa shape index (κ3) is 2.73. The number of nitrogens with zero attached hydrogens (tertiary/aromatic N) is 5. The number of aliphatic hydroxyl groups is 1. The number of aliphatic hydroxyl groups excluding tert-OH is 1. The molecular weight excluding hydrogens is 246 g/mol. The van der Waals surface area contributed by atoms with Gasteiger partial charge in [-0.1, -0.05) is 5.11 Å². The second-order valence-corrected chi connectivity index (χ2v) is 5.01. The summed E-state index contributed by atoms with van der Waals surface area (Å²) in [6, 6.07) is -0.432. The lowest BCUT2D eigenvalue weighted by molar-refractivity contribution is -0.0618. The molecular formula is C12H19N5O2. The van der Waals surface area contributed by atoms with Crippen molar-refractivity contribution in [3.05, 3.63) is 27.9 Å². The molecule has 7 heteroatoms. The van der Waals surface area contributed by atoms with E-state index in [1.54, 1.807) is 17.8 Å². The molecule has 4 atom stereocenters. The van der Waals surface area contributed by atoms with Gasteiger partial charge in [-0.25, -0.2) is 0 Å². The molecule has 0 radical (unpaired) electrons. The molecule has 1 fully saturated rings. The van der Waals surface area contributed by atoms with Crippen LogP contribution < -0.4 is 0 Å². The van der Waals surface area contributed by atoms with Gasteiger partial charge in [-0.3, -0.25) is 4.68 Å². The number of azide groups is 1. The summed E-state index contributed by atoms with van der Waals surface area (Å²) in [5, 5.41) is 18.0. The van der Waals surface area contributed by atoms with E-state index in [0.29, 0.717) is 12.8 Å². The van der Waals surface area contributed by atoms with Crippen molar-refractivity contribution >= 4 is 0 Å². The average Bonchev–Trinajstić information content (AvgIpc) is 2.64. The molecule has 2 rings (SSSR count). The Labute approximate surface area is 111 Å². The Hall–Kier alpha value is -1.56. The van der Waals surface area contributed by atoms with Crippen LogP contribution in [-0.2, 0) is 11.8 Å². The van der Waals surface area contributed by atoms with Crippen LogP contribution in [0.1, 0.15) is 37.1 Å². The normalized spacial score (nSPS) is 31.6. The van der Waals surface area contributed by atoms with E-state index in [1.165, 1.54) is 0 Å². The first-order chi connectivity index (χ1) is 9.04. The van der Waals surface area contributed by atoms with E-state index < -0.39 is 12.1 Å². The first kappa shape index (κ1) is 13.9. The van der Waals surface area contributed by atoms with Crippen LogP contribution in [0.3, 0.4) is 0 Å². The number of hydrogen-bond acceptors (Lipinski definition) is 4. The zero-order chi connectivity index (χ0) is 14.0. The summed E-state index contributed by atoms with van der Waals surface area (Å²) < 4.78 is 7.71. The maximum absolute atomic E-state index is 10.1. The minimum atomic E-state index is -0.769. The van der Waals surface area contributed by atoms with Crippen molar-refractivity contribution in [3.63, 3.8) is 0 Å². The fraction of sp³-hybridized carbons (Fsp3) is 0.750. The SMILES string of the molecule is Cc1cnn(C)c1[C@@H]1CC[C@@H](N=[N+]=[N-])[C@@H](O)[C@H](C)O1. The Morgan fingerprint density at radius 1 is 1.58 bits per heavy atom. The summed E-state index contributed by atoms with van der Waals surface area (Å²) in [7, 11) is 1.88. The van der Waals surface area contributed by atoms with E-state index in [1.807, 2.05) is 14.0 Å². The van der Waals surface area contributed by atoms with Crippen LogP contribution in [0.2, 0.25) is 0 Å². The third-order valence-corrected chi connectivity index (χ3v) is 3.66. The van der Waals surface area contributed by atoms with Crippen LogP contribution in [0.4, 0.5) is 0 Å². The number of rotatable bonds is 2. The van der Waals surface area contributed by atoms with Crippen molar-refractivity contribution in [2.45, 2.75) is 51.0 Å². The molecule has 0 saturated carbocycles. The Bertz CT molecular complexity index is 475. The van der Waals surface area contributed by atoms with Gasteiger partial charge >= 0.3 is 0 Å². The molecule has 0 amide bonds. The number of ether oxygens (including phenoxy) is 1. The lowest BCUT2D eigenvalue weighted by Gasteiger charge is -2.23. The second kappa shape index (κ2) is 5.61. The first-order valence-corrected chi connectivity index (χ1v) is 6.40. The van der Waals surface area contributed by atoms with E-state index in [0.717, 1.165) is 11.3 Å². The molecule has 1 aliphatic heterocycles. The van der Waals surface area contributed by atoms with Crippen LogP contribution in [0, 0.1) is 6.92 Å². The summed E-state index contributed by atoms with van der Waals surface area (Å²) >= 11 is 0. The maximum Gasteiger partial charge on any atom is 0.0999 e. The molecule has 1 aromatic heterocycles. The topological polar surface area (TPSA) is 96.0 Å². The molecule has 104 valence electrons. The van der Waals surface area contributed by atoms with Crippen molar-refractivity contribution < 1.29 is 9.84 Å². The Morgan fingerprint density at radius 2 is 2.32 bits per heavy atom. The Kier molecular flexibility index (Phi) is 4.09. The standard InChI is InChI=1S/C12H19N5O2/c1-7-6-14-17(3)11(7)10-5-4-9(15-16-13)12(18)8(2)19-10/h6,8-10,12,18H,4-5H2,1-3H3/t8-,9+,10-,12-/m0/s1. The second-order valence-electron chi connectivity index (χ2n) is 5.01. The fourth-order valence-corrected chi connectivity index (χ4v) is 2.63. The summed E-state index contributed by atoms with van der Waals surface area (Å²) in [4.78, 5) is 2.80. The summed E-state index contributed by atoms with van der Waals surface area (Å²) in [5.41, 5.74) is 10.6. The van der Waals surface area contributed by atoms with Gasteiger partial charge in [-0.2, -0.15) is 5.10 Å². The van der Waals surface area contributed by atoms with Gasteiger partial charge < -0.3 is 9.84 Å². The average molecular weight is 265 g/mol. The molecule has 0 unspecified atom stereocenters. The van der Waals surface area contributed by atoms with Gasteiger partial charge in [-0.15, -0.1) is 0 Å². The molecule has 1 aromatic rings. The van der Waals surface area contributed by atoms with E-state index in [4.69, 9.17) is 10.3 Å². The molecule has 0 aliphatic carbocycles. The zero-order valence-corrected chi connectivity index (χ0v) is 11.4. The highest BCUT2D eigenvalue weighted by Crippen LogP contribution is 2.32. The van der Waals surface area contributed by atoms with Gasteiger partial charge in [0.2, 0.25) is 0 Å². The van der Waals surface area contributed by atoms with E-state index in [9.17, 15) is 5.11 Å². The van der Waals surface area contributed by atoms with Gasteiger partial charge in [0.05, 0.1) is 36.2 Å². The Morgan fingerprint density at radius 3 is 2.89 bits per heavy atom. The van der Waals surface area contributed by atoms with Crippen molar-refractivity contribution in [3.8, 4) is 0 Å². The zero-order valence-electron chi connectivity index (χ0n) is 11.4. The number of hydrogen-bond donors (Lipinski definition) is 1. The monoisotopic (exact) mass is 265 g/mol. The van der Waals surface area contributed by atoms with Crippen molar-refractivity contribution in [2.75, 3.05) is 0 Å². The minimum Gasteiger partial charge on any atom is -0.390 e. The van der Waals surface area contributed by atoms with Crippen molar-refractivity contribution in [2.24, 2.45) is 12.2 Å². The molecule has 1 saturated heterocycles.